The lowest BCUT2D eigenvalue weighted by atomic mass is 10.00. The largest absolute Gasteiger partial charge is 0.446 e. The number of nitrogens with zero attached hydrogens (tertiary/aromatic N) is 4. The van der Waals surface area contributed by atoms with Crippen LogP contribution in [0, 0.1) is 6.92 Å². The summed E-state index contributed by atoms with van der Waals surface area (Å²) in [5.74, 6) is -0.211. The average Bonchev–Trinajstić information content (AvgIpc) is 3.70. The maximum absolute atomic E-state index is 14.4. The highest BCUT2D eigenvalue weighted by atomic mass is 19.1. The van der Waals surface area contributed by atoms with Crippen molar-refractivity contribution in [2.45, 2.75) is 70.4 Å². The number of nitrogens with one attached hydrogen (secondary N) is 2. The summed E-state index contributed by atoms with van der Waals surface area (Å²) in [5.41, 5.74) is 1.91. The molecule has 3 atom stereocenters. The third-order valence-corrected chi connectivity index (χ3v) is 7.93. The van der Waals surface area contributed by atoms with Crippen molar-refractivity contribution in [1.82, 2.24) is 30.5 Å². The van der Waals surface area contributed by atoms with Crippen LogP contribution in [0.4, 0.5) is 4.39 Å². The van der Waals surface area contributed by atoms with Crippen LogP contribution in [0.25, 0.3) is 0 Å². The van der Waals surface area contributed by atoms with E-state index in [-0.39, 0.29) is 29.6 Å². The predicted molar refractivity (Wildman–Crippen MR) is 166 cm³/mol. The van der Waals surface area contributed by atoms with Gasteiger partial charge < -0.3 is 25.1 Å². The molecule has 1 fully saturated rings. The summed E-state index contributed by atoms with van der Waals surface area (Å²) in [7, 11) is 0. The Hall–Kier alpha value is -4.48. The van der Waals surface area contributed by atoms with Gasteiger partial charge in [0.2, 0.25) is 5.89 Å². The van der Waals surface area contributed by atoms with Crippen LogP contribution in [-0.2, 0) is 18.6 Å². The minimum Gasteiger partial charge on any atom is -0.446 e. The second-order valence-corrected chi connectivity index (χ2v) is 12.0. The van der Waals surface area contributed by atoms with Crippen molar-refractivity contribution in [2.75, 3.05) is 13.1 Å². The number of benzene rings is 1. The molecular formula is C34H39FN6O4. The maximum atomic E-state index is 14.4. The Morgan fingerprint density at radius 1 is 1.09 bits per heavy atom. The molecule has 0 radical (unpaired) electrons. The van der Waals surface area contributed by atoms with Gasteiger partial charge in [0.25, 0.3) is 11.8 Å². The highest BCUT2D eigenvalue weighted by molar-refractivity contribution is 5.99. The van der Waals surface area contributed by atoms with Gasteiger partial charge >= 0.3 is 0 Å². The number of aromatic nitrogens is 3. The van der Waals surface area contributed by atoms with Crippen molar-refractivity contribution in [3.8, 4) is 0 Å². The van der Waals surface area contributed by atoms with Crippen LogP contribution in [0.1, 0.15) is 81.7 Å². The van der Waals surface area contributed by atoms with Crippen LogP contribution >= 0.6 is 0 Å². The number of alkyl halides is 1. The lowest BCUT2D eigenvalue weighted by Gasteiger charge is -2.25. The Bertz CT molecular complexity index is 1610. The highest BCUT2D eigenvalue weighted by Crippen LogP contribution is 2.32. The van der Waals surface area contributed by atoms with Gasteiger partial charge in [0.05, 0.1) is 29.0 Å². The molecule has 5 rings (SSSR count). The quantitative estimate of drug-likeness (QED) is 0.213. The third kappa shape index (κ3) is 8.17. The van der Waals surface area contributed by atoms with E-state index in [2.05, 4.69) is 25.6 Å². The summed E-state index contributed by atoms with van der Waals surface area (Å²) in [4.78, 5) is 41.4. The molecule has 4 aromatic rings. The number of amides is 2. The van der Waals surface area contributed by atoms with Gasteiger partial charge in [-0.1, -0.05) is 30.3 Å². The molecule has 4 heterocycles. The first kappa shape index (κ1) is 31.9. The molecule has 1 aliphatic rings. The van der Waals surface area contributed by atoms with Crippen molar-refractivity contribution in [2.24, 2.45) is 0 Å². The number of aliphatic hydroxyl groups excluding tert-OH is 1. The average molecular weight is 615 g/mol. The van der Waals surface area contributed by atoms with E-state index in [9.17, 15) is 19.1 Å². The zero-order valence-electron chi connectivity index (χ0n) is 25.7. The van der Waals surface area contributed by atoms with Gasteiger partial charge in [0, 0.05) is 50.0 Å². The molecule has 0 unspecified atom stereocenters. The number of likely N-dealkylation sites (tertiary alicyclic amines) is 1. The number of carbonyl (C=O) groups excluding carboxylic acids is 2. The molecule has 236 valence electrons. The molecule has 3 N–H and O–H groups in total. The van der Waals surface area contributed by atoms with Gasteiger partial charge in [-0.15, -0.1) is 0 Å². The molecule has 11 heteroatoms. The summed E-state index contributed by atoms with van der Waals surface area (Å²) in [6.07, 6.45) is 8.54. The number of halogens is 1. The number of rotatable bonds is 12. The van der Waals surface area contributed by atoms with Gasteiger partial charge in [-0.05, 0) is 63.3 Å². The Kier molecular flexibility index (Phi) is 9.99. The standard InChI is InChI=1S/C34H39FN6O4/c1-22-21-45-32(39-22)29-10-7-11-41(29)33(44)26-14-25(17-38-18-26)31(43)40-28(13-23-8-5-4-6-9-23)30(42)20-37-16-24-12-27(19-36-15-24)34(2,3)35/h4-6,8-9,12,14-15,17-19,21,28-30,37,42H,7,10-11,13,16,20H2,1-3H3,(H,40,43)/t28-,29+,30+/m0/s1. The van der Waals surface area contributed by atoms with E-state index in [1.165, 1.54) is 38.5 Å². The topological polar surface area (TPSA) is 133 Å². The fourth-order valence-electron chi connectivity index (χ4n) is 5.46. The van der Waals surface area contributed by atoms with Crippen LogP contribution in [-0.4, -0.2) is 62.0 Å². The van der Waals surface area contributed by atoms with Gasteiger partial charge in [-0.3, -0.25) is 19.6 Å². The van der Waals surface area contributed by atoms with Crippen molar-refractivity contribution < 1.29 is 23.5 Å². The number of oxazole rings is 1. The van der Waals surface area contributed by atoms with Gasteiger partial charge in [-0.25, -0.2) is 9.37 Å². The van der Waals surface area contributed by atoms with Crippen molar-refractivity contribution in [3.63, 3.8) is 0 Å². The zero-order valence-corrected chi connectivity index (χ0v) is 25.7. The maximum Gasteiger partial charge on any atom is 0.256 e. The molecule has 0 spiro atoms. The van der Waals surface area contributed by atoms with Crippen molar-refractivity contribution in [1.29, 1.82) is 0 Å². The Morgan fingerprint density at radius 3 is 2.58 bits per heavy atom. The Labute approximate surface area is 262 Å². The zero-order chi connectivity index (χ0) is 32.0. The molecule has 1 aromatic carbocycles. The minimum absolute atomic E-state index is 0.161. The fourth-order valence-corrected chi connectivity index (χ4v) is 5.46. The first-order valence-corrected chi connectivity index (χ1v) is 15.1. The smallest absolute Gasteiger partial charge is 0.256 e. The van der Waals surface area contributed by atoms with Crippen molar-refractivity contribution in [3.05, 3.63) is 113 Å². The highest BCUT2D eigenvalue weighted by Gasteiger charge is 2.34. The van der Waals surface area contributed by atoms with E-state index >= 15 is 0 Å². The van der Waals surface area contributed by atoms with E-state index in [4.69, 9.17) is 4.42 Å². The summed E-state index contributed by atoms with van der Waals surface area (Å²) in [6, 6.07) is 11.9. The van der Waals surface area contributed by atoms with Gasteiger partial charge in [-0.2, -0.15) is 0 Å². The molecular weight excluding hydrogens is 575 g/mol. The van der Waals surface area contributed by atoms with Crippen molar-refractivity contribution >= 4 is 11.8 Å². The van der Waals surface area contributed by atoms with Crippen LogP contribution in [0.3, 0.4) is 0 Å². The van der Waals surface area contributed by atoms with Crippen LogP contribution < -0.4 is 10.6 Å². The fraction of sp³-hybridized carbons (Fsp3) is 0.382. The molecule has 0 saturated carbocycles. The lowest BCUT2D eigenvalue weighted by molar-refractivity contribution is 0.0715. The van der Waals surface area contributed by atoms with Crippen LogP contribution in [0.5, 0.6) is 0 Å². The van der Waals surface area contributed by atoms with Gasteiger partial charge in [0.1, 0.15) is 18.0 Å². The van der Waals surface area contributed by atoms with E-state index in [1.54, 1.807) is 23.4 Å². The summed E-state index contributed by atoms with van der Waals surface area (Å²) in [5, 5.41) is 17.4. The number of carbonyl (C=O) groups is 2. The molecule has 0 bridgehead atoms. The molecule has 1 aliphatic heterocycles. The summed E-state index contributed by atoms with van der Waals surface area (Å²) < 4.78 is 20.0. The van der Waals surface area contributed by atoms with Gasteiger partial charge in [0.15, 0.2) is 0 Å². The Balaban J connectivity index is 1.26. The van der Waals surface area contributed by atoms with Crippen LogP contribution in [0.2, 0.25) is 0 Å². The molecule has 0 aliphatic carbocycles. The number of hydrogen-bond donors (Lipinski definition) is 3. The van der Waals surface area contributed by atoms with E-state index < -0.39 is 23.7 Å². The Morgan fingerprint density at radius 2 is 1.84 bits per heavy atom. The SMILES string of the molecule is Cc1coc([C@H]2CCCN2C(=O)c2cncc(C(=O)N[C@@H](Cc3ccccc3)[C@H](O)CNCc3cncc(C(C)(C)F)c3)c2)n1. The van der Waals surface area contributed by atoms with E-state index in [1.807, 2.05) is 37.3 Å². The normalized spacial score (nSPS) is 16.4. The second kappa shape index (κ2) is 14.1. The molecule has 45 heavy (non-hydrogen) atoms. The molecule has 3 aromatic heterocycles. The number of pyridine rings is 2. The summed E-state index contributed by atoms with van der Waals surface area (Å²) in [6.45, 7) is 5.86. The molecule has 2 amide bonds. The molecule has 10 nitrogen and oxygen atoms in total. The minimum atomic E-state index is -1.52. The lowest BCUT2D eigenvalue weighted by Crippen LogP contribution is -2.48. The second-order valence-electron chi connectivity index (χ2n) is 12.0. The number of aryl methyl sites for hydroxylation is 1. The van der Waals surface area contributed by atoms with E-state index in [0.29, 0.717) is 31.0 Å². The first-order valence-electron chi connectivity index (χ1n) is 15.1. The molecule has 1 saturated heterocycles. The number of hydrogen-bond acceptors (Lipinski definition) is 8. The van der Waals surface area contributed by atoms with Crippen LogP contribution in [0.15, 0.2) is 77.9 Å². The summed E-state index contributed by atoms with van der Waals surface area (Å²) >= 11 is 0. The first-order chi connectivity index (χ1) is 21.6. The monoisotopic (exact) mass is 614 g/mol. The predicted octanol–water partition coefficient (Wildman–Crippen LogP) is 4.45. The van der Waals surface area contributed by atoms with E-state index in [0.717, 1.165) is 29.7 Å². The number of aliphatic hydroxyl groups is 1. The third-order valence-electron chi connectivity index (χ3n) is 7.93.